The normalized spacial score (nSPS) is 26.0. The molecule has 0 radical (unpaired) electrons. The number of thioether (sulfide) groups is 1. The third kappa shape index (κ3) is 3.80. The highest BCUT2D eigenvalue weighted by Gasteiger charge is 2.41. The lowest BCUT2D eigenvalue weighted by Gasteiger charge is -2.37. The van der Waals surface area contributed by atoms with E-state index >= 15 is 0 Å². The van der Waals surface area contributed by atoms with E-state index < -0.39 is 11.5 Å². The molecule has 1 saturated carbocycles. The lowest BCUT2D eigenvalue weighted by molar-refractivity contribution is -0.146. The van der Waals surface area contributed by atoms with E-state index in [0.717, 1.165) is 19.3 Å². The third-order valence-corrected chi connectivity index (χ3v) is 5.72. The zero-order chi connectivity index (χ0) is 15.5. The molecule has 2 atom stereocenters. The number of benzene rings is 1. The molecule has 1 aromatic carbocycles. The van der Waals surface area contributed by atoms with E-state index in [1.54, 1.807) is 7.05 Å². The summed E-state index contributed by atoms with van der Waals surface area (Å²) < 4.78 is 0. The zero-order valence-electron chi connectivity index (χ0n) is 13.1. The first-order valence-electron chi connectivity index (χ1n) is 7.66. The van der Waals surface area contributed by atoms with Gasteiger partial charge in [0.05, 0.1) is 0 Å². The number of hydrogen-bond acceptors (Lipinski definition) is 3. The van der Waals surface area contributed by atoms with Crippen LogP contribution in [0.3, 0.4) is 0 Å². The molecule has 1 fully saturated rings. The summed E-state index contributed by atoms with van der Waals surface area (Å²) in [5, 5.41) is 12.9. The van der Waals surface area contributed by atoms with Gasteiger partial charge in [-0.3, -0.25) is 4.79 Å². The van der Waals surface area contributed by atoms with Crippen molar-refractivity contribution in [3.63, 3.8) is 0 Å². The number of carboxylic acids is 1. The van der Waals surface area contributed by atoms with Crippen LogP contribution in [0.15, 0.2) is 29.2 Å². The second kappa shape index (κ2) is 6.84. The topological polar surface area (TPSA) is 49.3 Å². The van der Waals surface area contributed by atoms with Gasteiger partial charge in [-0.1, -0.05) is 26.0 Å². The number of carboxylic acid groups (broad SMARTS) is 1. The van der Waals surface area contributed by atoms with E-state index in [4.69, 9.17) is 0 Å². The van der Waals surface area contributed by atoms with Gasteiger partial charge in [0.15, 0.2) is 0 Å². The summed E-state index contributed by atoms with van der Waals surface area (Å²) in [6, 6.07) is 8.68. The Hall–Kier alpha value is -1.00. The van der Waals surface area contributed by atoms with Crippen LogP contribution in [0.2, 0.25) is 0 Å². The molecule has 4 heteroatoms. The average molecular weight is 307 g/mol. The van der Waals surface area contributed by atoms with E-state index in [1.807, 2.05) is 11.8 Å². The van der Waals surface area contributed by atoms with Crippen molar-refractivity contribution < 1.29 is 9.90 Å². The molecule has 0 saturated heterocycles. The van der Waals surface area contributed by atoms with Gasteiger partial charge in [-0.05, 0) is 56.3 Å². The van der Waals surface area contributed by atoms with Crippen molar-refractivity contribution in [1.82, 2.24) is 5.32 Å². The van der Waals surface area contributed by atoms with Gasteiger partial charge in [0.25, 0.3) is 0 Å². The fourth-order valence-corrected chi connectivity index (χ4v) is 4.31. The van der Waals surface area contributed by atoms with Gasteiger partial charge in [0.2, 0.25) is 0 Å². The molecule has 1 aromatic rings. The zero-order valence-corrected chi connectivity index (χ0v) is 13.9. The van der Waals surface area contributed by atoms with E-state index in [2.05, 4.69) is 43.4 Å². The Balaban J connectivity index is 2.04. The molecule has 0 heterocycles. The maximum absolute atomic E-state index is 11.6. The molecule has 0 amide bonds. The molecule has 21 heavy (non-hydrogen) atoms. The van der Waals surface area contributed by atoms with Crippen LogP contribution in [0, 0.1) is 0 Å². The standard InChI is InChI=1S/C17H25NO2S/c1-12(2)13-6-8-14(9-7-13)21-15-5-4-10-17(11-15,18-3)16(19)20/h6-9,12,15,18H,4-5,10-11H2,1-3H3,(H,19,20). The minimum atomic E-state index is -0.742. The van der Waals surface area contributed by atoms with Crippen molar-refractivity contribution in [2.24, 2.45) is 0 Å². The lowest BCUT2D eigenvalue weighted by Crippen LogP contribution is -2.53. The molecule has 0 bridgehead atoms. The number of hydrogen-bond donors (Lipinski definition) is 2. The van der Waals surface area contributed by atoms with Crippen LogP contribution in [0.1, 0.15) is 51.0 Å². The van der Waals surface area contributed by atoms with Crippen molar-refractivity contribution in [1.29, 1.82) is 0 Å². The van der Waals surface area contributed by atoms with E-state index in [0.29, 0.717) is 17.6 Å². The Morgan fingerprint density at radius 3 is 2.57 bits per heavy atom. The molecule has 2 unspecified atom stereocenters. The van der Waals surface area contributed by atoms with Crippen LogP contribution in [0.4, 0.5) is 0 Å². The Bertz CT molecular complexity index is 486. The Morgan fingerprint density at radius 2 is 2.05 bits per heavy atom. The van der Waals surface area contributed by atoms with Gasteiger partial charge < -0.3 is 10.4 Å². The van der Waals surface area contributed by atoms with Crippen LogP contribution < -0.4 is 5.32 Å². The summed E-state index contributed by atoms with van der Waals surface area (Å²) in [4.78, 5) is 12.8. The van der Waals surface area contributed by atoms with Crippen molar-refractivity contribution in [3.05, 3.63) is 29.8 Å². The monoisotopic (exact) mass is 307 g/mol. The first-order chi connectivity index (χ1) is 9.97. The fraction of sp³-hybridized carbons (Fsp3) is 0.588. The molecule has 0 spiro atoms. The average Bonchev–Trinajstić information content (AvgIpc) is 2.47. The predicted octanol–water partition coefficient (Wildman–Crippen LogP) is 3.89. The Kier molecular flexibility index (Phi) is 5.33. The van der Waals surface area contributed by atoms with Crippen LogP contribution in [-0.4, -0.2) is 28.9 Å². The van der Waals surface area contributed by atoms with E-state index in [-0.39, 0.29) is 0 Å². The largest absolute Gasteiger partial charge is 0.480 e. The van der Waals surface area contributed by atoms with E-state index in [9.17, 15) is 9.90 Å². The molecule has 1 aliphatic rings. The smallest absolute Gasteiger partial charge is 0.323 e. The highest BCUT2D eigenvalue weighted by molar-refractivity contribution is 8.00. The SMILES string of the molecule is CNC1(C(=O)O)CCCC(Sc2ccc(C(C)C)cc2)C1. The second-order valence-electron chi connectivity index (χ2n) is 6.20. The number of aliphatic carboxylic acids is 1. The van der Waals surface area contributed by atoms with Gasteiger partial charge in [-0.15, -0.1) is 11.8 Å². The number of rotatable bonds is 5. The summed E-state index contributed by atoms with van der Waals surface area (Å²) >= 11 is 1.82. The molecule has 2 rings (SSSR count). The van der Waals surface area contributed by atoms with E-state index in [1.165, 1.54) is 10.5 Å². The number of carbonyl (C=O) groups is 1. The Morgan fingerprint density at radius 1 is 1.38 bits per heavy atom. The molecule has 1 aliphatic carbocycles. The van der Waals surface area contributed by atoms with Gasteiger partial charge in [-0.2, -0.15) is 0 Å². The first kappa shape index (κ1) is 16.4. The Labute approximate surface area is 131 Å². The second-order valence-corrected chi connectivity index (χ2v) is 7.57. The molecular weight excluding hydrogens is 282 g/mol. The quantitative estimate of drug-likeness (QED) is 0.866. The van der Waals surface area contributed by atoms with Gasteiger partial charge in [0, 0.05) is 10.1 Å². The maximum Gasteiger partial charge on any atom is 0.323 e. The van der Waals surface area contributed by atoms with Gasteiger partial charge in [-0.25, -0.2) is 0 Å². The molecular formula is C17H25NO2S. The van der Waals surface area contributed by atoms with Crippen LogP contribution in [0.5, 0.6) is 0 Å². The maximum atomic E-state index is 11.6. The summed E-state index contributed by atoms with van der Waals surface area (Å²) in [5.41, 5.74) is 0.603. The lowest BCUT2D eigenvalue weighted by atomic mass is 9.81. The molecule has 3 nitrogen and oxygen atoms in total. The number of nitrogens with one attached hydrogen (secondary N) is 1. The molecule has 0 aromatic heterocycles. The third-order valence-electron chi connectivity index (χ3n) is 4.44. The van der Waals surface area contributed by atoms with Crippen molar-refractivity contribution in [3.8, 4) is 0 Å². The van der Waals surface area contributed by atoms with Crippen LogP contribution in [-0.2, 0) is 4.79 Å². The van der Waals surface area contributed by atoms with Crippen molar-refractivity contribution in [2.45, 2.75) is 61.1 Å². The summed E-state index contributed by atoms with van der Waals surface area (Å²) in [7, 11) is 1.76. The fourth-order valence-electron chi connectivity index (χ4n) is 2.98. The number of likely N-dealkylation sites (N-methyl/N-ethyl adjacent to an activating group) is 1. The van der Waals surface area contributed by atoms with Gasteiger partial charge in [0.1, 0.15) is 5.54 Å². The van der Waals surface area contributed by atoms with Gasteiger partial charge >= 0.3 is 5.97 Å². The van der Waals surface area contributed by atoms with Crippen LogP contribution in [0.25, 0.3) is 0 Å². The molecule has 0 aliphatic heterocycles. The minimum Gasteiger partial charge on any atom is -0.480 e. The highest BCUT2D eigenvalue weighted by atomic mass is 32.2. The summed E-state index contributed by atoms with van der Waals surface area (Å²) in [5.74, 6) is -0.173. The minimum absolute atomic E-state index is 0.368. The molecule has 116 valence electrons. The van der Waals surface area contributed by atoms with Crippen molar-refractivity contribution >= 4 is 17.7 Å². The summed E-state index contributed by atoms with van der Waals surface area (Å²) in [6.07, 6.45) is 3.47. The van der Waals surface area contributed by atoms with Crippen molar-refractivity contribution in [2.75, 3.05) is 7.05 Å². The van der Waals surface area contributed by atoms with Crippen LogP contribution >= 0.6 is 11.8 Å². The molecule has 2 N–H and O–H groups in total. The summed E-state index contributed by atoms with van der Waals surface area (Å²) in [6.45, 7) is 4.38. The predicted molar refractivity (Wildman–Crippen MR) is 88.1 cm³/mol. The first-order valence-corrected chi connectivity index (χ1v) is 8.54. The highest BCUT2D eigenvalue weighted by Crippen LogP contribution is 2.38.